The van der Waals surface area contributed by atoms with Gasteiger partial charge in [-0.1, -0.05) is 25.1 Å². The third-order valence-electron chi connectivity index (χ3n) is 4.57. The Hall–Kier alpha value is -1.49. The molecule has 176 valence electrons. The largest absolute Gasteiger partial charge is 0.460 e. The number of nitrogens with zero attached hydrogens (tertiary/aromatic N) is 2. The number of rotatable bonds is 15. The molecule has 1 aromatic carbocycles. The first-order chi connectivity index (χ1) is 15.2. The maximum absolute atomic E-state index is 12.1. The average Bonchev–Trinajstić information content (AvgIpc) is 2.75. The highest BCUT2D eigenvalue weighted by Gasteiger charge is 2.31. The van der Waals surface area contributed by atoms with Crippen molar-refractivity contribution in [1.29, 1.82) is 0 Å². The SMILES string of the molecule is [B][C@@H](COC(=O)c1ccccc1)O[C@H](CC)[C@H](C)OP(OCC[N+]#[C-])N(C(C)C)C(C)C. The van der Waals surface area contributed by atoms with E-state index in [9.17, 15) is 4.79 Å². The summed E-state index contributed by atoms with van der Waals surface area (Å²) >= 11 is 0. The lowest BCUT2D eigenvalue weighted by Crippen LogP contribution is -2.38. The molecule has 0 saturated heterocycles. The average molecular weight is 462 g/mol. The minimum absolute atomic E-state index is 0.0582. The lowest BCUT2D eigenvalue weighted by molar-refractivity contribution is -0.0573. The van der Waals surface area contributed by atoms with Crippen molar-refractivity contribution in [2.75, 3.05) is 19.8 Å². The Morgan fingerprint density at radius 1 is 1.16 bits per heavy atom. The van der Waals surface area contributed by atoms with E-state index in [1.54, 1.807) is 24.3 Å². The highest BCUT2D eigenvalue weighted by molar-refractivity contribution is 7.44. The Kier molecular flexibility index (Phi) is 13.7. The first kappa shape index (κ1) is 28.5. The molecule has 0 aliphatic rings. The van der Waals surface area contributed by atoms with Gasteiger partial charge in [0, 0.05) is 12.1 Å². The summed E-state index contributed by atoms with van der Waals surface area (Å²) in [5, 5.41) is 0. The molecule has 0 aromatic heterocycles. The molecule has 1 rings (SSSR count). The molecule has 4 atom stereocenters. The Morgan fingerprint density at radius 2 is 1.78 bits per heavy atom. The summed E-state index contributed by atoms with van der Waals surface area (Å²) in [5.74, 6) is -0.441. The van der Waals surface area contributed by atoms with E-state index in [2.05, 4.69) is 37.2 Å². The number of hydrogen-bond acceptors (Lipinski definition) is 6. The first-order valence-corrected chi connectivity index (χ1v) is 12.2. The van der Waals surface area contributed by atoms with Crippen molar-refractivity contribution in [2.24, 2.45) is 0 Å². The molecular formula is C23H36BN2O5P. The van der Waals surface area contributed by atoms with Gasteiger partial charge in [0.2, 0.25) is 6.54 Å². The van der Waals surface area contributed by atoms with Crippen LogP contribution >= 0.6 is 8.53 Å². The number of carbonyl (C=O) groups is 1. The van der Waals surface area contributed by atoms with E-state index in [-0.39, 0.29) is 37.4 Å². The molecule has 0 spiro atoms. The van der Waals surface area contributed by atoms with E-state index in [4.69, 9.17) is 32.9 Å². The van der Waals surface area contributed by atoms with Crippen LogP contribution in [0.15, 0.2) is 30.3 Å². The van der Waals surface area contributed by atoms with Crippen molar-refractivity contribution in [3.8, 4) is 0 Å². The molecule has 0 aliphatic heterocycles. The third kappa shape index (κ3) is 9.98. The fourth-order valence-corrected chi connectivity index (χ4v) is 4.83. The van der Waals surface area contributed by atoms with Crippen molar-refractivity contribution >= 4 is 22.3 Å². The van der Waals surface area contributed by atoms with Gasteiger partial charge >= 0.3 is 5.97 Å². The molecule has 1 unspecified atom stereocenters. The van der Waals surface area contributed by atoms with E-state index in [1.807, 2.05) is 19.9 Å². The van der Waals surface area contributed by atoms with Gasteiger partial charge in [-0.2, -0.15) is 0 Å². The van der Waals surface area contributed by atoms with E-state index >= 15 is 0 Å². The molecule has 0 bridgehead atoms. The van der Waals surface area contributed by atoms with Crippen LogP contribution in [0.25, 0.3) is 4.85 Å². The first-order valence-electron chi connectivity index (χ1n) is 11.1. The number of carbonyl (C=O) groups excluding carboxylic acids is 1. The van der Waals surface area contributed by atoms with Crippen LogP contribution in [0.1, 0.15) is 58.3 Å². The van der Waals surface area contributed by atoms with E-state index in [1.165, 1.54) is 0 Å². The van der Waals surface area contributed by atoms with E-state index < -0.39 is 20.5 Å². The molecule has 9 heteroatoms. The normalized spacial score (nSPS) is 15.4. The van der Waals surface area contributed by atoms with Gasteiger partial charge in [-0.15, -0.1) is 0 Å². The minimum atomic E-state index is -1.38. The minimum Gasteiger partial charge on any atom is -0.460 e. The lowest BCUT2D eigenvalue weighted by Gasteiger charge is -2.38. The second-order valence-electron chi connectivity index (χ2n) is 7.92. The van der Waals surface area contributed by atoms with Gasteiger partial charge in [0.05, 0.1) is 23.8 Å². The van der Waals surface area contributed by atoms with Crippen LogP contribution in [0.3, 0.4) is 0 Å². The summed E-state index contributed by atoms with van der Waals surface area (Å²) < 4.78 is 25.7. The molecule has 7 nitrogen and oxygen atoms in total. The van der Waals surface area contributed by atoms with Gasteiger partial charge in [0.1, 0.15) is 21.1 Å². The maximum Gasteiger partial charge on any atom is 0.338 e. The van der Waals surface area contributed by atoms with Crippen molar-refractivity contribution in [1.82, 2.24) is 4.67 Å². The summed E-state index contributed by atoms with van der Waals surface area (Å²) in [6.45, 7) is 19.8. The maximum atomic E-state index is 12.1. The van der Waals surface area contributed by atoms with Gasteiger partial charge in [-0.25, -0.2) is 16.0 Å². The van der Waals surface area contributed by atoms with Crippen LogP contribution in [0.2, 0.25) is 0 Å². The number of ether oxygens (including phenoxy) is 2. The van der Waals surface area contributed by atoms with Crippen molar-refractivity contribution in [2.45, 2.75) is 78.3 Å². The zero-order valence-corrected chi connectivity index (χ0v) is 21.0. The molecule has 2 radical (unpaired) electrons. The van der Waals surface area contributed by atoms with Crippen LogP contribution in [-0.4, -0.2) is 68.5 Å². The van der Waals surface area contributed by atoms with Crippen LogP contribution in [0, 0.1) is 6.57 Å². The van der Waals surface area contributed by atoms with Gasteiger partial charge < -0.3 is 23.4 Å². The lowest BCUT2D eigenvalue weighted by atomic mass is 10.0. The molecule has 0 aliphatic carbocycles. The van der Waals surface area contributed by atoms with Crippen LogP contribution < -0.4 is 0 Å². The van der Waals surface area contributed by atoms with Crippen LogP contribution in [0.5, 0.6) is 0 Å². The molecule has 0 heterocycles. The summed E-state index contributed by atoms with van der Waals surface area (Å²) in [6.07, 6.45) is 0.0433. The van der Waals surface area contributed by atoms with Crippen LogP contribution in [0.4, 0.5) is 0 Å². The van der Waals surface area contributed by atoms with Crippen LogP contribution in [-0.2, 0) is 18.5 Å². The van der Waals surface area contributed by atoms with E-state index in [0.717, 1.165) is 0 Å². The summed E-state index contributed by atoms with van der Waals surface area (Å²) in [4.78, 5) is 15.5. The quantitative estimate of drug-likeness (QED) is 0.123. The Balaban J connectivity index is 2.70. The highest BCUT2D eigenvalue weighted by Crippen LogP contribution is 2.47. The fraction of sp³-hybridized carbons (Fsp3) is 0.652. The zero-order chi connectivity index (χ0) is 24.1. The van der Waals surface area contributed by atoms with Gasteiger partial charge in [0.25, 0.3) is 8.53 Å². The van der Waals surface area contributed by atoms with E-state index in [0.29, 0.717) is 18.6 Å². The molecule has 32 heavy (non-hydrogen) atoms. The smallest absolute Gasteiger partial charge is 0.338 e. The van der Waals surface area contributed by atoms with Crippen molar-refractivity contribution in [3.63, 3.8) is 0 Å². The van der Waals surface area contributed by atoms with Gasteiger partial charge in [-0.3, -0.25) is 0 Å². The number of hydrogen-bond donors (Lipinski definition) is 0. The number of benzene rings is 1. The Bertz CT molecular complexity index is 693. The second kappa shape index (κ2) is 15.4. The summed E-state index contributed by atoms with van der Waals surface area (Å²) in [5.41, 5.74) is 0.466. The molecule has 1 aromatic rings. The fourth-order valence-electron chi connectivity index (χ4n) is 3.12. The molecule has 0 saturated carbocycles. The third-order valence-corrected chi connectivity index (χ3v) is 6.79. The topological polar surface area (TPSA) is 61.6 Å². The summed E-state index contributed by atoms with van der Waals surface area (Å²) in [6, 6.07) is 8.39. The molecule has 0 fully saturated rings. The molecular weight excluding hydrogens is 426 g/mol. The second-order valence-corrected chi connectivity index (χ2v) is 9.32. The molecule has 0 amide bonds. The predicted molar refractivity (Wildman–Crippen MR) is 128 cm³/mol. The Morgan fingerprint density at radius 3 is 2.31 bits per heavy atom. The Labute approximate surface area is 195 Å². The van der Waals surface area contributed by atoms with Gasteiger partial charge in [-0.05, 0) is 53.2 Å². The monoisotopic (exact) mass is 462 g/mol. The number of esters is 1. The van der Waals surface area contributed by atoms with Gasteiger partial charge in [0.15, 0.2) is 0 Å². The highest BCUT2D eigenvalue weighted by atomic mass is 31.2. The predicted octanol–water partition coefficient (Wildman–Crippen LogP) is 4.82. The van der Waals surface area contributed by atoms with Crippen molar-refractivity contribution in [3.05, 3.63) is 47.3 Å². The molecule has 0 N–H and O–H groups in total. The standard InChI is InChI=1S/C23H36BN2O5P/c1-8-21(30-22(24)16-28-23(27)20-12-10-9-11-13-20)19(6)31-32(29-15-14-25-7)26(17(2)3)18(4)5/h9-13,17-19,21-22H,8,14-16H2,1-6H3/t19-,21+,22+,32?/m0/s1. The zero-order valence-electron chi connectivity index (χ0n) is 20.1. The summed E-state index contributed by atoms with van der Waals surface area (Å²) in [7, 11) is 4.69. The van der Waals surface area contributed by atoms with Crippen molar-refractivity contribution < 1.29 is 23.3 Å².